The molecule has 0 saturated heterocycles. The fourth-order valence-electron chi connectivity index (χ4n) is 0. The molecule has 2 N–H and O–H groups in total. The third kappa shape index (κ3) is 10.8. The molecule has 0 amide bonds. The van der Waals surface area contributed by atoms with Crippen LogP contribution in [-0.2, 0) is 0 Å². The molecule has 4 heavy (non-hydrogen) atoms. The minimum absolute atomic E-state index is 0. The van der Waals surface area contributed by atoms with Crippen LogP contribution < -0.4 is 0 Å². The normalized spacial score (nSPS) is 0. The number of rotatable bonds is 0. The second-order valence-corrected chi connectivity index (χ2v) is 0. The van der Waals surface area contributed by atoms with Gasteiger partial charge >= 0.3 is 23.1 Å². The zero-order valence-corrected chi connectivity index (χ0v) is 4.76. The predicted molar refractivity (Wildman–Crippen MR) is 19.8 cm³/mol. The number of halogens is 1. The van der Waals surface area contributed by atoms with Crippen molar-refractivity contribution in [3.05, 3.63) is 0 Å². The van der Waals surface area contributed by atoms with Gasteiger partial charge in [0.2, 0.25) is 0 Å². The number of hydrogen-bond donors (Lipinski definition) is 0. The summed E-state index contributed by atoms with van der Waals surface area (Å²) in [5.41, 5.74) is 0. The van der Waals surface area contributed by atoms with E-state index in [1.807, 2.05) is 0 Å². The summed E-state index contributed by atoms with van der Waals surface area (Å²) in [5, 5.41) is 0. The maximum atomic E-state index is 0. The topological polar surface area (TPSA) is 31.5 Å². The first kappa shape index (κ1) is 64.4. The zero-order valence-electron chi connectivity index (χ0n) is 4.19. The van der Waals surface area contributed by atoms with E-state index in [2.05, 4.69) is 0 Å². The Hall–Kier alpha value is 1.19. The summed E-state index contributed by atoms with van der Waals surface area (Å²) in [6.45, 7) is 0. The van der Waals surface area contributed by atoms with Crippen LogP contribution in [0.4, 0.5) is 4.70 Å². The van der Waals surface area contributed by atoms with Gasteiger partial charge in [-0.1, -0.05) is 0 Å². The average molecular weight is 91.3 g/mol. The summed E-state index contributed by atoms with van der Waals surface area (Å²) in [6, 6.07) is 0. The Bertz CT molecular complexity index is 13.5. The fourth-order valence-corrected chi connectivity index (χ4v) is 0. The Labute approximate surface area is 53.7 Å². The van der Waals surface area contributed by atoms with E-state index in [4.69, 9.17) is 0 Å². The monoisotopic (exact) mass is 91.0 g/mol. The first-order valence-electron chi connectivity index (χ1n) is 0. The number of hydrogen-bond acceptors (Lipinski definition) is 0. The molecular weight excluding hydrogens is 86.3 g/mol. The smallest absolute Gasteiger partial charge is 1.00 e. The molecule has 0 heterocycles. The van der Waals surface area contributed by atoms with Gasteiger partial charge in [-0.25, -0.2) is 0 Å². The quantitative estimate of drug-likeness (QED) is 0.335. The molecule has 0 aromatic rings. The molecule has 4 heteroatoms. The maximum Gasteiger partial charge on any atom is 2.00 e. The van der Waals surface area contributed by atoms with Gasteiger partial charge in [0.25, 0.3) is 0 Å². The summed E-state index contributed by atoms with van der Waals surface area (Å²) in [5.74, 6) is 0. The summed E-state index contributed by atoms with van der Waals surface area (Å²) >= 11 is 0. The molecule has 0 aromatic carbocycles. The van der Waals surface area contributed by atoms with Gasteiger partial charge in [-0.2, -0.15) is 0 Å². The second-order valence-electron chi connectivity index (χ2n) is 0. The van der Waals surface area contributed by atoms with Gasteiger partial charge in [0, 0.05) is 17.4 Å². The van der Waals surface area contributed by atoms with Crippen molar-refractivity contribution in [1.29, 1.82) is 0 Å². The molecule has 0 aliphatic rings. The molecule has 0 aliphatic carbocycles. The van der Waals surface area contributed by atoms with Crippen molar-refractivity contribution in [2.45, 2.75) is 0 Å². The standard InChI is InChI=1S/Al.FH.Mg.H2O.2H/h;1H;;1H2;;/q;;+2;;2*-1. The summed E-state index contributed by atoms with van der Waals surface area (Å²) in [6.07, 6.45) is 0. The zero-order chi connectivity index (χ0) is 0. The molecule has 3 radical (unpaired) electrons. The van der Waals surface area contributed by atoms with E-state index in [1.54, 1.807) is 0 Å². The minimum Gasteiger partial charge on any atom is -1.00 e. The Morgan fingerprint density at radius 3 is 1.25 bits per heavy atom. The fraction of sp³-hybridized carbons (Fsp3) is 0. The molecule has 23 valence electrons. The molecular formula is H5AlFMgO. The molecule has 0 spiro atoms. The van der Waals surface area contributed by atoms with Gasteiger partial charge in [0.05, 0.1) is 0 Å². The van der Waals surface area contributed by atoms with Crippen LogP contribution in [0.3, 0.4) is 0 Å². The van der Waals surface area contributed by atoms with Crippen LogP contribution in [0.2, 0.25) is 0 Å². The van der Waals surface area contributed by atoms with E-state index >= 15 is 0 Å². The van der Waals surface area contributed by atoms with Crippen molar-refractivity contribution >= 4 is 40.4 Å². The van der Waals surface area contributed by atoms with Crippen molar-refractivity contribution in [2.24, 2.45) is 0 Å². The minimum atomic E-state index is 0. The Morgan fingerprint density at radius 1 is 1.25 bits per heavy atom. The first-order chi connectivity index (χ1) is 0. The predicted octanol–water partition coefficient (Wildman–Crippen LogP) is -1.21. The van der Waals surface area contributed by atoms with Crippen LogP contribution in [0.1, 0.15) is 2.85 Å². The van der Waals surface area contributed by atoms with Crippen LogP contribution in [0, 0.1) is 0 Å². The van der Waals surface area contributed by atoms with E-state index in [9.17, 15) is 0 Å². The van der Waals surface area contributed by atoms with Gasteiger partial charge in [0.15, 0.2) is 0 Å². The van der Waals surface area contributed by atoms with Gasteiger partial charge in [-0.3, -0.25) is 4.70 Å². The summed E-state index contributed by atoms with van der Waals surface area (Å²) in [4.78, 5) is 0. The summed E-state index contributed by atoms with van der Waals surface area (Å²) in [7, 11) is 0. The Morgan fingerprint density at radius 2 is 1.25 bits per heavy atom. The van der Waals surface area contributed by atoms with E-state index < -0.39 is 0 Å². The summed E-state index contributed by atoms with van der Waals surface area (Å²) < 4.78 is 0. The van der Waals surface area contributed by atoms with Crippen LogP contribution >= 0.6 is 0 Å². The third-order valence-electron chi connectivity index (χ3n) is 0. The van der Waals surface area contributed by atoms with Gasteiger partial charge in [0.1, 0.15) is 0 Å². The Kier molecular flexibility index (Phi) is 485. The van der Waals surface area contributed by atoms with Crippen molar-refractivity contribution in [2.75, 3.05) is 0 Å². The van der Waals surface area contributed by atoms with Crippen molar-refractivity contribution < 1.29 is 13.0 Å². The van der Waals surface area contributed by atoms with E-state index in [-0.39, 0.29) is 53.4 Å². The van der Waals surface area contributed by atoms with E-state index in [0.29, 0.717) is 0 Å². The molecule has 0 atom stereocenters. The second kappa shape index (κ2) is 30.1. The molecule has 0 bridgehead atoms. The van der Waals surface area contributed by atoms with E-state index in [1.165, 1.54) is 0 Å². The molecule has 0 saturated carbocycles. The Balaban J connectivity index is 0. The van der Waals surface area contributed by atoms with Gasteiger partial charge in [-0.05, 0) is 0 Å². The van der Waals surface area contributed by atoms with Crippen LogP contribution in [-0.4, -0.2) is 45.9 Å². The molecule has 0 fully saturated rings. The molecule has 0 aliphatic heterocycles. The molecule has 0 unspecified atom stereocenters. The van der Waals surface area contributed by atoms with Crippen LogP contribution in [0.5, 0.6) is 0 Å². The largest absolute Gasteiger partial charge is 2.00 e. The van der Waals surface area contributed by atoms with Gasteiger partial charge in [-0.15, -0.1) is 0 Å². The molecule has 0 rings (SSSR count). The van der Waals surface area contributed by atoms with Crippen LogP contribution in [0.15, 0.2) is 0 Å². The van der Waals surface area contributed by atoms with Crippen molar-refractivity contribution in [1.82, 2.24) is 0 Å². The SMILES string of the molecule is F.O.[Al].[H-].[H-].[Mg+2]. The molecule has 0 aromatic heterocycles. The third-order valence-corrected chi connectivity index (χ3v) is 0. The van der Waals surface area contributed by atoms with Gasteiger partial charge < -0.3 is 8.33 Å². The van der Waals surface area contributed by atoms with Crippen molar-refractivity contribution in [3.8, 4) is 0 Å². The van der Waals surface area contributed by atoms with Crippen molar-refractivity contribution in [3.63, 3.8) is 0 Å². The van der Waals surface area contributed by atoms with Crippen LogP contribution in [0.25, 0.3) is 0 Å². The maximum absolute atomic E-state index is 0. The van der Waals surface area contributed by atoms with E-state index in [0.717, 1.165) is 0 Å². The molecule has 1 nitrogen and oxygen atoms in total. The average Bonchev–Trinajstić information content (AvgIpc) is 0. The first-order valence-corrected chi connectivity index (χ1v) is 0.